The Kier molecular flexibility index (Phi) is 15.2. The molecule has 0 spiro atoms. The van der Waals surface area contributed by atoms with E-state index in [1.54, 1.807) is 24.5 Å². The molecule has 3 aromatic carbocycles. The monoisotopic (exact) mass is 1070 g/mol. The van der Waals surface area contributed by atoms with Crippen LogP contribution in [0.25, 0.3) is 0 Å². The van der Waals surface area contributed by atoms with E-state index in [4.69, 9.17) is 29.4 Å². The van der Waals surface area contributed by atoms with Gasteiger partial charge in [0.1, 0.15) is 47.9 Å². The van der Waals surface area contributed by atoms with Crippen molar-refractivity contribution < 1.29 is 73.2 Å². The predicted molar refractivity (Wildman–Crippen MR) is 275 cm³/mol. The highest BCUT2D eigenvalue weighted by Crippen LogP contribution is 2.53. The zero-order valence-electron chi connectivity index (χ0n) is 42.4. The molecule has 5 aromatic rings. The van der Waals surface area contributed by atoms with Gasteiger partial charge in [-0.3, -0.25) is 24.4 Å². The summed E-state index contributed by atoms with van der Waals surface area (Å²) in [5.74, 6) is -4.09. The van der Waals surface area contributed by atoms with Crippen molar-refractivity contribution in [2.75, 3.05) is 13.7 Å². The molecule has 1 saturated heterocycles. The summed E-state index contributed by atoms with van der Waals surface area (Å²) in [6.07, 6.45) is -2.46. The van der Waals surface area contributed by atoms with Gasteiger partial charge in [0.05, 0.1) is 64.9 Å². The fourth-order valence-electron chi connectivity index (χ4n) is 11.3. The predicted octanol–water partition coefficient (Wildman–Crippen LogP) is 4.26. The van der Waals surface area contributed by atoms with Crippen LogP contribution in [0.5, 0.6) is 23.0 Å². The number of phenolic OH excluding ortho intramolecular Hbond substituents is 2. The largest absolute Gasteiger partial charge is 0.507 e. The van der Waals surface area contributed by atoms with E-state index < -0.39 is 120 Å². The number of rotatable bonds is 12. The minimum atomic E-state index is -2.39. The molecule has 9 N–H and O–H groups in total. The van der Waals surface area contributed by atoms with Gasteiger partial charge in [-0.25, -0.2) is 9.59 Å². The molecule has 78 heavy (non-hydrogen) atoms. The van der Waals surface area contributed by atoms with E-state index in [1.807, 2.05) is 36.4 Å². The number of nitrogens with two attached hydrogens (primary N) is 1. The smallest absolute Gasteiger partial charge is 0.412 e. The number of aliphatic hydroxyl groups is 3. The first kappa shape index (κ1) is 53.4. The zero-order chi connectivity index (χ0) is 55.0. The minimum absolute atomic E-state index is 0.0195. The van der Waals surface area contributed by atoms with E-state index in [1.165, 1.54) is 44.4 Å². The zero-order valence-corrected chi connectivity index (χ0v) is 42.4. The lowest BCUT2D eigenvalue weighted by Gasteiger charge is -2.42. The van der Waals surface area contributed by atoms with Crippen LogP contribution in [0, 0.1) is 11.8 Å². The molecule has 5 unspecified atom stereocenters. The molecule has 10 atom stereocenters. The molecular formula is C56H57N7O15. The van der Waals surface area contributed by atoms with Gasteiger partial charge >= 0.3 is 12.2 Å². The fourth-order valence-corrected chi connectivity index (χ4v) is 11.3. The van der Waals surface area contributed by atoms with Crippen molar-refractivity contribution in [3.05, 3.63) is 142 Å². The third-order valence-corrected chi connectivity index (χ3v) is 15.3. The molecule has 22 nitrogen and oxygen atoms in total. The lowest BCUT2D eigenvalue weighted by atomic mass is 9.72. The second-order valence-electron chi connectivity index (χ2n) is 20.0. The van der Waals surface area contributed by atoms with Crippen LogP contribution in [0.4, 0.5) is 9.59 Å². The average molecular weight is 1070 g/mol. The number of Topliss-reactive ketones (excluding diaryl/α,β-unsaturated/α-hetero) is 1. The van der Waals surface area contributed by atoms with Crippen molar-refractivity contribution in [1.82, 2.24) is 20.6 Å². The summed E-state index contributed by atoms with van der Waals surface area (Å²) in [6.45, 7) is 0.161. The fraction of sp³-hybridized carbons (Fsp3) is 0.375. The number of methoxy groups -OCH3 is 1. The summed E-state index contributed by atoms with van der Waals surface area (Å²) < 4.78 is 28.7. The van der Waals surface area contributed by atoms with E-state index in [0.717, 1.165) is 22.8 Å². The number of benzene rings is 3. The first-order chi connectivity index (χ1) is 37.6. The van der Waals surface area contributed by atoms with Crippen LogP contribution in [-0.4, -0.2) is 132 Å². The maximum atomic E-state index is 14.1. The number of hydrogen-bond donors (Lipinski definition) is 8. The maximum absolute atomic E-state index is 14.1. The number of aromatic nitrogens is 2. The van der Waals surface area contributed by atoms with Crippen molar-refractivity contribution in [3.63, 3.8) is 0 Å². The van der Waals surface area contributed by atoms with E-state index >= 15 is 0 Å². The quantitative estimate of drug-likeness (QED) is 0.0794. The Bertz CT molecular complexity index is 3210. The molecular weight excluding hydrogens is 1010 g/mol. The van der Waals surface area contributed by atoms with Crippen LogP contribution in [0.15, 0.2) is 101 Å². The summed E-state index contributed by atoms with van der Waals surface area (Å²) in [7, 11) is 1.30. The number of ether oxygens (including phenoxy) is 5. The third-order valence-electron chi connectivity index (χ3n) is 15.3. The van der Waals surface area contributed by atoms with Gasteiger partial charge in [0.2, 0.25) is 5.78 Å². The number of aromatic hydroxyl groups is 2. The number of alkyl carbamates (subject to hydrolysis) is 1. The summed E-state index contributed by atoms with van der Waals surface area (Å²) in [5.41, 5.74) is 6.04. The first-order valence-electron chi connectivity index (χ1n) is 25.5. The molecule has 406 valence electrons. The summed E-state index contributed by atoms with van der Waals surface area (Å²) in [5, 5.41) is 71.1. The number of carbonyl (C=O) groups excluding carboxylic acids is 5. The second kappa shape index (κ2) is 22.2. The number of nitrogens with one attached hydrogen (secondary N) is 2. The van der Waals surface area contributed by atoms with Crippen molar-refractivity contribution in [1.29, 1.82) is 0 Å². The molecule has 2 aliphatic heterocycles. The van der Waals surface area contributed by atoms with Crippen LogP contribution in [0.3, 0.4) is 0 Å². The normalized spacial score (nSPS) is 26.5. The van der Waals surface area contributed by atoms with Crippen molar-refractivity contribution in [3.8, 4) is 23.0 Å². The van der Waals surface area contributed by atoms with Gasteiger partial charge in [-0.15, -0.1) is 0 Å². The van der Waals surface area contributed by atoms with Gasteiger partial charge in [0, 0.05) is 72.3 Å². The standard InChI is InChI=1S/C56H57N7O15/c1-27-49(66)38(22-42(76-27)78-40-24-56(73,41(65)25-64)23-33-44(40)53(70)46-45(51(33)68)50(67)32-8-7-11-39(74-2)43(32)52(46)69)61-54(71)75-26-28-12-14-29(15-13-28)77-55(72)60-35-19-17-31-30(16-18-34(35)57)47(36-9-3-5-20-58-36)62-63-48(31)37-10-4-6-21-59-37/h3-15,20-21,27,30-31,34-35,38,40,42,49,64,66,68,70,73H,16-19,22-26,57H2,1-2H3,(H,60,72)(H,61,71)/t27?,30?,31?,34?,35?,38-,40+,42+,49-,56+/m1/s1. The van der Waals surface area contributed by atoms with E-state index in [-0.39, 0.29) is 58.6 Å². The molecule has 3 aliphatic carbocycles. The van der Waals surface area contributed by atoms with E-state index in [0.29, 0.717) is 31.2 Å². The average Bonchev–Trinajstić information content (AvgIpc) is 3.58. The summed E-state index contributed by atoms with van der Waals surface area (Å²) >= 11 is 0. The van der Waals surface area contributed by atoms with Gasteiger partial charge in [-0.2, -0.15) is 10.2 Å². The molecule has 0 bridgehead atoms. The number of nitrogens with zero attached hydrogens (tertiary/aromatic N) is 4. The van der Waals surface area contributed by atoms with Crippen LogP contribution >= 0.6 is 0 Å². The number of carbonyl (C=O) groups is 5. The minimum Gasteiger partial charge on any atom is -0.507 e. The Hall–Kier alpha value is -7.99. The maximum Gasteiger partial charge on any atom is 0.412 e. The second-order valence-corrected chi connectivity index (χ2v) is 20.0. The highest BCUT2D eigenvalue weighted by molar-refractivity contribution is 6.31. The molecule has 10 rings (SSSR count). The molecule has 2 amide bonds. The highest BCUT2D eigenvalue weighted by atomic mass is 16.7. The summed E-state index contributed by atoms with van der Waals surface area (Å²) in [6, 6.07) is 20.0. The van der Waals surface area contributed by atoms with Gasteiger partial charge in [-0.05, 0) is 80.6 Å². The topological polar surface area (TPSA) is 333 Å². The Morgan fingerprint density at radius 2 is 1.45 bits per heavy atom. The lowest BCUT2D eigenvalue weighted by Crippen LogP contribution is -2.56. The van der Waals surface area contributed by atoms with Gasteiger partial charge in [0.25, 0.3) is 0 Å². The van der Waals surface area contributed by atoms with Crippen molar-refractivity contribution >= 4 is 41.0 Å². The Morgan fingerprint density at radius 1 is 0.795 bits per heavy atom. The first-order valence-corrected chi connectivity index (χ1v) is 25.5. The van der Waals surface area contributed by atoms with E-state index in [9.17, 15) is 49.5 Å². The SMILES string of the molecule is COc1cccc2c1C(=O)c1c(O)c3c(c(O)c1C2=O)C[C@@](O)(C(=O)CO)C[C@@H]3O[C@H]1C[C@@H](NC(=O)OCc2ccc(OC(=O)NC3CCC4C(c5ccccn5)=NN=C(c5ccccn5)C4CCC3N)cc2)[C@H](O)C(C)O1. The van der Waals surface area contributed by atoms with Crippen LogP contribution in [0.2, 0.25) is 0 Å². The molecule has 1 saturated carbocycles. The third kappa shape index (κ3) is 10.3. The lowest BCUT2D eigenvalue weighted by molar-refractivity contribution is -0.249. The molecule has 4 heterocycles. The molecule has 22 heteroatoms. The number of phenols is 2. The molecule has 0 radical (unpaired) electrons. The summed E-state index contributed by atoms with van der Waals surface area (Å²) in [4.78, 5) is 76.7. The molecule has 2 aromatic heterocycles. The molecule has 2 fully saturated rings. The molecule has 5 aliphatic rings. The van der Waals surface area contributed by atoms with Crippen molar-refractivity contribution in [2.45, 2.75) is 107 Å². The Balaban J connectivity index is 0.764. The number of pyridine rings is 2. The Morgan fingerprint density at radius 3 is 2.09 bits per heavy atom. The van der Waals surface area contributed by atoms with Crippen LogP contribution in [0.1, 0.15) is 111 Å². The number of ketones is 3. The van der Waals surface area contributed by atoms with Gasteiger partial charge < -0.3 is 65.6 Å². The van der Waals surface area contributed by atoms with Crippen molar-refractivity contribution in [2.24, 2.45) is 27.8 Å². The van der Waals surface area contributed by atoms with Gasteiger partial charge in [0.15, 0.2) is 17.9 Å². The number of aliphatic hydroxyl groups excluding tert-OH is 2. The van der Waals surface area contributed by atoms with E-state index in [2.05, 4.69) is 30.8 Å². The number of fused-ring (bicyclic) bond motifs is 4. The number of amides is 2. The highest BCUT2D eigenvalue weighted by Gasteiger charge is 2.51. The van der Waals surface area contributed by atoms with Crippen LogP contribution in [-0.2, 0) is 32.0 Å². The van der Waals surface area contributed by atoms with Crippen LogP contribution < -0.4 is 25.8 Å². The Labute approximate surface area is 446 Å². The van der Waals surface area contributed by atoms with Gasteiger partial charge in [-0.1, -0.05) is 36.4 Å². The number of hydrogen-bond acceptors (Lipinski definition) is 20.